The number of likely N-dealkylation sites (tertiary alicyclic amines) is 1. The highest BCUT2D eigenvalue weighted by molar-refractivity contribution is 5.74. The van der Waals surface area contributed by atoms with Crippen LogP contribution < -0.4 is 4.74 Å². The van der Waals surface area contributed by atoms with Crippen LogP contribution in [0.2, 0.25) is 0 Å². The molecule has 0 aliphatic carbocycles. The summed E-state index contributed by atoms with van der Waals surface area (Å²) in [6.07, 6.45) is 4.53. The second kappa shape index (κ2) is 5.82. The lowest BCUT2D eigenvalue weighted by Gasteiger charge is -2.17. The molecule has 1 aromatic rings. The van der Waals surface area contributed by atoms with Gasteiger partial charge >= 0.3 is 0 Å². The minimum absolute atomic E-state index is 0.307. The lowest BCUT2D eigenvalue weighted by molar-refractivity contribution is 0.112. The van der Waals surface area contributed by atoms with Crippen molar-refractivity contribution in [3.63, 3.8) is 0 Å². The fraction of sp³-hybridized carbons (Fsp3) is 0.500. The minimum atomic E-state index is 0.307. The predicted octanol–water partition coefficient (Wildman–Crippen LogP) is 2.36. The van der Waals surface area contributed by atoms with Gasteiger partial charge in [-0.1, -0.05) is 0 Å². The topological polar surface area (TPSA) is 29.5 Å². The number of hydrogen-bond donors (Lipinski definition) is 0. The third kappa shape index (κ3) is 3.56. The van der Waals surface area contributed by atoms with Crippen LogP contribution in [0.1, 0.15) is 29.6 Å². The molecule has 0 bridgehead atoms. The van der Waals surface area contributed by atoms with E-state index in [9.17, 15) is 4.79 Å². The lowest BCUT2D eigenvalue weighted by Crippen LogP contribution is -2.21. The third-order valence-corrected chi connectivity index (χ3v) is 3.22. The highest BCUT2D eigenvalue weighted by Gasteiger charge is 2.15. The monoisotopic (exact) mass is 233 g/mol. The van der Waals surface area contributed by atoms with E-state index < -0.39 is 0 Å². The fourth-order valence-electron chi connectivity index (χ4n) is 2.14. The second-order valence-corrected chi connectivity index (χ2v) is 4.66. The Morgan fingerprint density at radius 3 is 2.71 bits per heavy atom. The minimum Gasteiger partial charge on any atom is -0.490 e. The van der Waals surface area contributed by atoms with Gasteiger partial charge in [-0.3, -0.25) is 4.79 Å². The number of rotatable bonds is 3. The molecule has 0 aromatic heterocycles. The summed E-state index contributed by atoms with van der Waals surface area (Å²) in [6.45, 7) is 2.25. The van der Waals surface area contributed by atoms with E-state index in [2.05, 4.69) is 11.9 Å². The van der Waals surface area contributed by atoms with Gasteiger partial charge in [0, 0.05) is 12.1 Å². The first kappa shape index (κ1) is 12.1. The molecule has 3 heteroatoms. The van der Waals surface area contributed by atoms with E-state index in [-0.39, 0.29) is 0 Å². The Morgan fingerprint density at radius 1 is 1.24 bits per heavy atom. The van der Waals surface area contributed by atoms with Crippen molar-refractivity contribution in [2.45, 2.75) is 25.4 Å². The maximum atomic E-state index is 10.5. The Hall–Kier alpha value is -1.35. The molecule has 0 amide bonds. The van der Waals surface area contributed by atoms with Crippen LogP contribution in [0.15, 0.2) is 24.3 Å². The van der Waals surface area contributed by atoms with Gasteiger partial charge < -0.3 is 9.64 Å². The molecular weight excluding hydrogens is 214 g/mol. The van der Waals surface area contributed by atoms with Crippen molar-refractivity contribution in [3.05, 3.63) is 29.8 Å². The first-order chi connectivity index (χ1) is 8.28. The van der Waals surface area contributed by atoms with E-state index in [1.807, 2.05) is 12.1 Å². The number of nitrogens with zero attached hydrogens (tertiary/aromatic N) is 1. The summed E-state index contributed by atoms with van der Waals surface area (Å²) in [4.78, 5) is 12.9. The smallest absolute Gasteiger partial charge is 0.150 e. The summed E-state index contributed by atoms with van der Waals surface area (Å²) in [5.74, 6) is 0.866. The highest BCUT2D eigenvalue weighted by atomic mass is 16.5. The van der Waals surface area contributed by atoms with Crippen LogP contribution in [-0.4, -0.2) is 37.4 Å². The molecule has 0 N–H and O–H groups in total. The van der Waals surface area contributed by atoms with E-state index in [1.165, 1.54) is 6.42 Å². The van der Waals surface area contributed by atoms with Gasteiger partial charge in [0.1, 0.15) is 12.0 Å². The Bertz CT molecular complexity index is 361. The van der Waals surface area contributed by atoms with Crippen LogP contribution in [0.5, 0.6) is 5.75 Å². The van der Waals surface area contributed by atoms with Crippen LogP contribution in [0.25, 0.3) is 0 Å². The summed E-state index contributed by atoms with van der Waals surface area (Å²) in [5.41, 5.74) is 0.693. The van der Waals surface area contributed by atoms with Gasteiger partial charge in [0.2, 0.25) is 0 Å². The zero-order chi connectivity index (χ0) is 12.1. The van der Waals surface area contributed by atoms with Crippen molar-refractivity contribution in [2.75, 3.05) is 20.1 Å². The molecule has 1 atom stereocenters. The molecule has 1 aliphatic heterocycles. The molecule has 2 rings (SSSR count). The number of aldehydes is 1. The maximum Gasteiger partial charge on any atom is 0.150 e. The summed E-state index contributed by atoms with van der Waals surface area (Å²) < 4.78 is 5.94. The van der Waals surface area contributed by atoms with E-state index in [0.29, 0.717) is 11.7 Å². The van der Waals surface area contributed by atoms with Crippen molar-refractivity contribution in [3.8, 4) is 5.75 Å². The van der Waals surface area contributed by atoms with E-state index >= 15 is 0 Å². The number of benzene rings is 1. The van der Waals surface area contributed by atoms with Crippen LogP contribution in [0, 0.1) is 0 Å². The molecule has 1 aromatic carbocycles. The van der Waals surface area contributed by atoms with Crippen molar-refractivity contribution >= 4 is 6.29 Å². The number of carbonyl (C=O) groups is 1. The van der Waals surface area contributed by atoms with Gasteiger partial charge in [0.05, 0.1) is 6.10 Å². The van der Waals surface area contributed by atoms with Crippen LogP contribution in [0.4, 0.5) is 0 Å². The number of carbonyl (C=O) groups excluding carboxylic acids is 1. The highest BCUT2D eigenvalue weighted by Crippen LogP contribution is 2.19. The largest absolute Gasteiger partial charge is 0.490 e. The van der Waals surface area contributed by atoms with Crippen LogP contribution >= 0.6 is 0 Å². The second-order valence-electron chi connectivity index (χ2n) is 4.66. The van der Waals surface area contributed by atoms with Gasteiger partial charge in [-0.05, 0) is 57.1 Å². The molecule has 3 nitrogen and oxygen atoms in total. The summed E-state index contributed by atoms with van der Waals surface area (Å²) >= 11 is 0. The number of hydrogen-bond acceptors (Lipinski definition) is 3. The standard InChI is InChI=1S/C14H19NO2/c1-15-9-2-3-13(8-10-15)17-14-6-4-12(11-16)5-7-14/h4-7,11,13H,2-3,8-10H2,1H3. The summed E-state index contributed by atoms with van der Waals surface area (Å²) in [6, 6.07) is 7.34. The molecule has 0 spiro atoms. The van der Waals surface area contributed by atoms with E-state index in [0.717, 1.165) is 38.0 Å². The molecule has 17 heavy (non-hydrogen) atoms. The average molecular weight is 233 g/mol. The van der Waals surface area contributed by atoms with Gasteiger partial charge in [0.25, 0.3) is 0 Å². The summed E-state index contributed by atoms with van der Waals surface area (Å²) in [7, 11) is 2.15. The molecular formula is C14H19NO2. The molecule has 0 radical (unpaired) electrons. The van der Waals surface area contributed by atoms with Gasteiger partial charge in [-0.25, -0.2) is 0 Å². The molecule has 1 aliphatic rings. The molecule has 0 saturated carbocycles. The van der Waals surface area contributed by atoms with Gasteiger partial charge in [0.15, 0.2) is 0 Å². The maximum absolute atomic E-state index is 10.5. The predicted molar refractivity (Wildman–Crippen MR) is 67.6 cm³/mol. The zero-order valence-corrected chi connectivity index (χ0v) is 10.3. The molecule has 1 unspecified atom stereocenters. The molecule has 92 valence electrons. The summed E-state index contributed by atoms with van der Waals surface area (Å²) in [5, 5.41) is 0. The molecule has 1 heterocycles. The lowest BCUT2D eigenvalue weighted by atomic mass is 10.1. The van der Waals surface area contributed by atoms with Crippen molar-refractivity contribution in [1.29, 1.82) is 0 Å². The third-order valence-electron chi connectivity index (χ3n) is 3.22. The van der Waals surface area contributed by atoms with Crippen LogP contribution in [0.3, 0.4) is 0 Å². The number of ether oxygens (including phenoxy) is 1. The normalized spacial score (nSPS) is 21.8. The Balaban J connectivity index is 1.92. The molecule has 1 saturated heterocycles. The SMILES string of the molecule is CN1CCCC(Oc2ccc(C=O)cc2)CC1. The van der Waals surface area contributed by atoms with Crippen molar-refractivity contribution in [1.82, 2.24) is 4.90 Å². The first-order valence-electron chi connectivity index (χ1n) is 6.18. The van der Waals surface area contributed by atoms with E-state index in [4.69, 9.17) is 4.74 Å². The zero-order valence-electron chi connectivity index (χ0n) is 10.3. The van der Waals surface area contributed by atoms with Crippen LogP contribution in [-0.2, 0) is 0 Å². The van der Waals surface area contributed by atoms with Crippen molar-refractivity contribution < 1.29 is 9.53 Å². The fourth-order valence-corrected chi connectivity index (χ4v) is 2.14. The quantitative estimate of drug-likeness (QED) is 0.751. The Labute approximate surface area is 102 Å². The van der Waals surface area contributed by atoms with Gasteiger partial charge in [-0.15, -0.1) is 0 Å². The van der Waals surface area contributed by atoms with E-state index in [1.54, 1.807) is 12.1 Å². The average Bonchev–Trinajstić information content (AvgIpc) is 2.56. The Kier molecular flexibility index (Phi) is 4.15. The first-order valence-corrected chi connectivity index (χ1v) is 6.18. The molecule has 1 fully saturated rings. The van der Waals surface area contributed by atoms with Crippen molar-refractivity contribution in [2.24, 2.45) is 0 Å². The van der Waals surface area contributed by atoms with Gasteiger partial charge in [-0.2, -0.15) is 0 Å². The Morgan fingerprint density at radius 2 is 2.00 bits per heavy atom.